The number of amides is 1. The summed E-state index contributed by atoms with van der Waals surface area (Å²) >= 11 is 3.26. The first-order chi connectivity index (χ1) is 8.49. The van der Waals surface area contributed by atoms with Crippen LogP contribution in [0.25, 0.3) is 0 Å². The SMILES string of the molecule is O=C(O)[C@H]1C[C@@H](O)CN1C(=O)c1ccc(Br)cc1. The van der Waals surface area contributed by atoms with E-state index in [4.69, 9.17) is 5.11 Å². The fraction of sp³-hybridized carbons (Fsp3) is 0.333. The normalized spacial score (nSPS) is 23.1. The van der Waals surface area contributed by atoms with Crippen molar-refractivity contribution in [2.45, 2.75) is 18.6 Å². The number of hydrogen-bond acceptors (Lipinski definition) is 3. The summed E-state index contributed by atoms with van der Waals surface area (Å²) in [5.74, 6) is -1.46. The van der Waals surface area contributed by atoms with E-state index in [1.54, 1.807) is 24.3 Å². The Kier molecular flexibility index (Phi) is 3.68. The van der Waals surface area contributed by atoms with E-state index in [-0.39, 0.29) is 18.9 Å². The second-order valence-electron chi connectivity index (χ2n) is 4.21. The minimum Gasteiger partial charge on any atom is -0.480 e. The molecule has 1 aliphatic rings. The second-order valence-corrected chi connectivity index (χ2v) is 5.12. The van der Waals surface area contributed by atoms with Gasteiger partial charge in [-0.25, -0.2) is 4.79 Å². The molecule has 2 atom stereocenters. The van der Waals surface area contributed by atoms with Gasteiger partial charge in [-0.2, -0.15) is 0 Å². The molecule has 1 aromatic carbocycles. The highest BCUT2D eigenvalue weighted by molar-refractivity contribution is 9.10. The van der Waals surface area contributed by atoms with Gasteiger partial charge in [0.2, 0.25) is 0 Å². The number of carboxylic acid groups (broad SMARTS) is 1. The van der Waals surface area contributed by atoms with E-state index in [1.165, 1.54) is 4.90 Å². The number of hydrogen-bond donors (Lipinski definition) is 2. The van der Waals surface area contributed by atoms with E-state index in [9.17, 15) is 14.7 Å². The first kappa shape index (κ1) is 13.0. The molecule has 0 aliphatic carbocycles. The van der Waals surface area contributed by atoms with Crippen LogP contribution in [0.1, 0.15) is 16.8 Å². The molecule has 1 heterocycles. The van der Waals surface area contributed by atoms with Gasteiger partial charge in [0.05, 0.1) is 6.10 Å². The highest BCUT2D eigenvalue weighted by Gasteiger charge is 2.39. The summed E-state index contributed by atoms with van der Waals surface area (Å²) in [7, 11) is 0. The number of likely N-dealkylation sites (tertiary alicyclic amines) is 1. The summed E-state index contributed by atoms with van der Waals surface area (Å²) < 4.78 is 0.843. The topological polar surface area (TPSA) is 77.8 Å². The van der Waals surface area contributed by atoms with Crippen LogP contribution in [0.15, 0.2) is 28.7 Å². The number of carboxylic acids is 1. The van der Waals surface area contributed by atoms with Crippen molar-refractivity contribution >= 4 is 27.8 Å². The Hall–Kier alpha value is -1.40. The molecule has 1 aromatic rings. The molecule has 0 unspecified atom stereocenters. The lowest BCUT2D eigenvalue weighted by atomic mass is 10.1. The molecule has 0 saturated carbocycles. The average Bonchev–Trinajstić information content (AvgIpc) is 2.71. The van der Waals surface area contributed by atoms with Crippen LogP contribution in [-0.4, -0.2) is 45.7 Å². The maximum absolute atomic E-state index is 12.2. The lowest BCUT2D eigenvalue weighted by Gasteiger charge is -2.21. The van der Waals surface area contributed by atoms with E-state index in [2.05, 4.69) is 15.9 Å². The molecule has 1 saturated heterocycles. The number of β-amino-alcohol motifs (C(OH)–C–C–N with tert-alkyl or cyclic N) is 1. The van der Waals surface area contributed by atoms with Gasteiger partial charge < -0.3 is 15.1 Å². The smallest absolute Gasteiger partial charge is 0.326 e. The van der Waals surface area contributed by atoms with Crippen molar-refractivity contribution in [3.05, 3.63) is 34.3 Å². The standard InChI is InChI=1S/C12H12BrNO4/c13-8-3-1-7(2-4-8)11(16)14-6-9(15)5-10(14)12(17)18/h1-4,9-10,15H,5-6H2,(H,17,18)/t9-,10-/m1/s1. The molecule has 1 aliphatic heterocycles. The molecule has 0 radical (unpaired) electrons. The minimum atomic E-state index is -1.09. The molecule has 6 heteroatoms. The van der Waals surface area contributed by atoms with Gasteiger partial charge in [0.25, 0.3) is 5.91 Å². The third kappa shape index (κ3) is 2.54. The fourth-order valence-corrected chi connectivity index (χ4v) is 2.29. The van der Waals surface area contributed by atoms with Gasteiger partial charge in [0.1, 0.15) is 6.04 Å². The molecule has 1 fully saturated rings. The number of nitrogens with zero attached hydrogens (tertiary/aromatic N) is 1. The van der Waals surface area contributed by atoms with Gasteiger partial charge in [-0.1, -0.05) is 15.9 Å². The van der Waals surface area contributed by atoms with Crippen molar-refractivity contribution in [1.82, 2.24) is 4.90 Å². The second kappa shape index (κ2) is 5.07. The van der Waals surface area contributed by atoms with Gasteiger partial charge in [-0.3, -0.25) is 4.79 Å². The summed E-state index contributed by atoms with van der Waals surface area (Å²) in [6.07, 6.45) is -0.692. The van der Waals surface area contributed by atoms with Crippen molar-refractivity contribution in [3.63, 3.8) is 0 Å². The van der Waals surface area contributed by atoms with Crippen LogP contribution in [0.4, 0.5) is 0 Å². The molecule has 2 rings (SSSR count). The maximum atomic E-state index is 12.2. The largest absolute Gasteiger partial charge is 0.480 e. The zero-order valence-corrected chi connectivity index (χ0v) is 11.0. The predicted molar refractivity (Wildman–Crippen MR) is 67.2 cm³/mol. The maximum Gasteiger partial charge on any atom is 0.326 e. The Balaban J connectivity index is 2.22. The van der Waals surface area contributed by atoms with Crippen LogP contribution in [0.2, 0.25) is 0 Å². The highest BCUT2D eigenvalue weighted by atomic mass is 79.9. The Morgan fingerprint density at radius 3 is 2.44 bits per heavy atom. The number of aliphatic hydroxyl groups is 1. The molecule has 2 N–H and O–H groups in total. The van der Waals surface area contributed by atoms with Crippen molar-refractivity contribution in [2.24, 2.45) is 0 Å². The number of halogens is 1. The minimum absolute atomic E-state index is 0.0614. The first-order valence-electron chi connectivity index (χ1n) is 5.46. The van der Waals surface area contributed by atoms with Crippen LogP contribution in [0.3, 0.4) is 0 Å². The van der Waals surface area contributed by atoms with Gasteiger partial charge >= 0.3 is 5.97 Å². The molecule has 5 nitrogen and oxygen atoms in total. The summed E-state index contributed by atoms with van der Waals surface area (Å²) in [5, 5.41) is 18.5. The van der Waals surface area contributed by atoms with Crippen molar-refractivity contribution in [1.29, 1.82) is 0 Å². The molecule has 18 heavy (non-hydrogen) atoms. The Morgan fingerprint density at radius 1 is 1.28 bits per heavy atom. The highest BCUT2D eigenvalue weighted by Crippen LogP contribution is 2.21. The number of aliphatic carboxylic acids is 1. The van der Waals surface area contributed by atoms with Crippen LogP contribution in [0, 0.1) is 0 Å². The van der Waals surface area contributed by atoms with E-state index >= 15 is 0 Å². The molecule has 96 valence electrons. The lowest BCUT2D eigenvalue weighted by molar-refractivity contribution is -0.141. The third-order valence-electron chi connectivity index (χ3n) is 2.92. The molecular formula is C12H12BrNO4. The molecule has 1 amide bonds. The monoisotopic (exact) mass is 313 g/mol. The zero-order chi connectivity index (χ0) is 13.3. The number of carbonyl (C=O) groups excluding carboxylic acids is 1. The lowest BCUT2D eigenvalue weighted by Crippen LogP contribution is -2.40. The van der Waals surface area contributed by atoms with E-state index < -0.39 is 18.1 Å². The van der Waals surface area contributed by atoms with E-state index in [0.717, 1.165) is 4.47 Å². The zero-order valence-electron chi connectivity index (χ0n) is 9.41. The van der Waals surface area contributed by atoms with Crippen LogP contribution >= 0.6 is 15.9 Å². The summed E-state index contributed by atoms with van der Waals surface area (Å²) in [6, 6.07) is 5.73. The van der Waals surface area contributed by atoms with E-state index in [1.807, 2.05) is 0 Å². The van der Waals surface area contributed by atoms with Crippen LogP contribution in [-0.2, 0) is 4.79 Å². The van der Waals surface area contributed by atoms with Gasteiger partial charge in [0.15, 0.2) is 0 Å². The molecule has 0 bridgehead atoms. The Morgan fingerprint density at radius 2 is 1.89 bits per heavy atom. The third-order valence-corrected chi connectivity index (χ3v) is 3.44. The first-order valence-corrected chi connectivity index (χ1v) is 6.25. The summed E-state index contributed by atoms with van der Waals surface area (Å²) in [6.45, 7) is 0.0614. The van der Waals surface area contributed by atoms with Gasteiger partial charge in [-0.15, -0.1) is 0 Å². The van der Waals surface area contributed by atoms with Gasteiger partial charge in [-0.05, 0) is 24.3 Å². The van der Waals surface area contributed by atoms with Crippen LogP contribution in [0.5, 0.6) is 0 Å². The molecule has 0 aromatic heterocycles. The Labute approximate surface area is 112 Å². The molecule has 0 spiro atoms. The summed E-state index contributed by atoms with van der Waals surface area (Å²) in [5.41, 5.74) is 0.415. The number of benzene rings is 1. The van der Waals surface area contributed by atoms with Gasteiger partial charge in [0, 0.05) is 23.0 Å². The van der Waals surface area contributed by atoms with Crippen molar-refractivity contribution in [2.75, 3.05) is 6.54 Å². The fourth-order valence-electron chi connectivity index (χ4n) is 2.03. The quantitative estimate of drug-likeness (QED) is 0.857. The van der Waals surface area contributed by atoms with E-state index in [0.29, 0.717) is 5.56 Å². The molecular weight excluding hydrogens is 302 g/mol. The number of rotatable bonds is 2. The van der Waals surface area contributed by atoms with Crippen molar-refractivity contribution < 1.29 is 19.8 Å². The average molecular weight is 314 g/mol. The Bertz CT molecular complexity index is 473. The number of aliphatic hydroxyl groups excluding tert-OH is 1. The van der Waals surface area contributed by atoms with Crippen LogP contribution < -0.4 is 0 Å². The number of carbonyl (C=O) groups is 2. The summed E-state index contributed by atoms with van der Waals surface area (Å²) in [4.78, 5) is 24.4. The van der Waals surface area contributed by atoms with Crippen molar-refractivity contribution in [3.8, 4) is 0 Å². The predicted octanol–water partition coefficient (Wildman–Crippen LogP) is 1.11.